The van der Waals surface area contributed by atoms with Crippen LogP contribution in [0.4, 0.5) is 13.2 Å². The number of benzene rings is 1. The van der Waals surface area contributed by atoms with Crippen LogP contribution in [0.25, 0.3) is 0 Å². The fraction of sp³-hybridized carbons (Fsp3) is 0.417. The minimum absolute atomic E-state index is 0.0663. The Kier molecular flexibility index (Phi) is 4.41. The van der Waals surface area contributed by atoms with E-state index in [-0.39, 0.29) is 17.7 Å². The standard InChI is InChI=1S/C12H14F3NO3/c1-2-11(10(18)19,16-7-12(13,14)15)8-3-5-9(17)6-4-8/h3-6,16-17H,2,7H2,1H3,(H,18,19). The first-order valence-corrected chi connectivity index (χ1v) is 5.56. The molecular weight excluding hydrogens is 263 g/mol. The molecule has 0 spiro atoms. The van der Waals surface area contributed by atoms with Crippen molar-refractivity contribution >= 4 is 5.97 Å². The van der Waals surface area contributed by atoms with E-state index in [1.807, 2.05) is 0 Å². The monoisotopic (exact) mass is 277 g/mol. The average Bonchev–Trinajstić information content (AvgIpc) is 2.30. The maximum Gasteiger partial charge on any atom is 0.401 e. The zero-order valence-electron chi connectivity index (χ0n) is 10.2. The molecule has 1 rings (SSSR count). The van der Waals surface area contributed by atoms with E-state index in [0.29, 0.717) is 0 Å². The Bertz CT molecular complexity index is 445. The number of carboxylic acids is 1. The van der Waals surface area contributed by atoms with E-state index < -0.39 is 24.2 Å². The molecule has 0 saturated heterocycles. The van der Waals surface area contributed by atoms with Gasteiger partial charge < -0.3 is 10.2 Å². The third-order valence-electron chi connectivity index (χ3n) is 2.85. The quantitative estimate of drug-likeness (QED) is 0.772. The lowest BCUT2D eigenvalue weighted by atomic mass is 9.87. The van der Waals surface area contributed by atoms with Gasteiger partial charge in [0.2, 0.25) is 0 Å². The van der Waals surface area contributed by atoms with Crippen molar-refractivity contribution in [3.63, 3.8) is 0 Å². The van der Waals surface area contributed by atoms with Gasteiger partial charge in [-0.05, 0) is 24.1 Å². The average molecular weight is 277 g/mol. The molecule has 0 radical (unpaired) electrons. The molecule has 0 amide bonds. The molecule has 106 valence electrons. The van der Waals surface area contributed by atoms with Crippen LogP contribution in [-0.4, -0.2) is 28.9 Å². The van der Waals surface area contributed by atoms with Crippen molar-refractivity contribution in [2.75, 3.05) is 6.54 Å². The third kappa shape index (κ3) is 3.60. The molecule has 0 aliphatic heterocycles. The highest BCUT2D eigenvalue weighted by Crippen LogP contribution is 2.28. The predicted octanol–water partition coefficient (Wildman–Crippen LogP) is 2.23. The van der Waals surface area contributed by atoms with Gasteiger partial charge in [0.05, 0.1) is 6.54 Å². The fourth-order valence-electron chi connectivity index (χ4n) is 1.78. The SMILES string of the molecule is CCC(NCC(F)(F)F)(C(=O)O)c1ccc(O)cc1. The van der Waals surface area contributed by atoms with Crippen LogP contribution in [0.1, 0.15) is 18.9 Å². The van der Waals surface area contributed by atoms with Crippen molar-refractivity contribution in [3.8, 4) is 5.75 Å². The molecule has 0 heterocycles. The number of rotatable bonds is 5. The molecule has 0 saturated carbocycles. The van der Waals surface area contributed by atoms with Crippen molar-refractivity contribution in [2.45, 2.75) is 25.1 Å². The topological polar surface area (TPSA) is 69.6 Å². The van der Waals surface area contributed by atoms with E-state index in [4.69, 9.17) is 5.11 Å². The number of carbonyl (C=O) groups is 1. The zero-order valence-corrected chi connectivity index (χ0v) is 10.2. The first kappa shape index (κ1) is 15.3. The van der Waals surface area contributed by atoms with Crippen LogP contribution in [-0.2, 0) is 10.3 Å². The summed E-state index contributed by atoms with van der Waals surface area (Å²) in [5.74, 6) is -1.49. The van der Waals surface area contributed by atoms with Crippen molar-refractivity contribution < 1.29 is 28.2 Å². The molecule has 0 aliphatic carbocycles. The molecule has 1 atom stereocenters. The van der Waals surface area contributed by atoms with Crippen molar-refractivity contribution in [3.05, 3.63) is 29.8 Å². The number of hydrogen-bond donors (Lipinski definition) is 3. The maximum absolute atomic E-state index is 12.3. The minimum atomic E-state index is -4.51. The molecule has 19 heavy (non-hydrogen) atoms. The smallest absolute Gasteiger partial charge is 0.401 e. The van der Waals surface area contributed by atoms with E-state index in [2.05, 4.69) is 5.32 Å². The van der Waals surface area contributed by atoms with Gasteiger partial charge in [-0.15, -0.1) is 0 Å². The first-order chi connectivity index (χ1) is 8.71. The number of carboxylic acid groups (broad SMARTS) is 1. The number of aliphatic carboxylic acids is 1. The predicted molar refractivity (Wildman–Crippen MR) is 61.8 cm³/mol. The molecule has 1 unspecified atom stereocenters. The highest BCUT2D eigenvalue weighted by molar-refractivity contribution is 5.80. The lowest BCUT2D eigenvalue weighted by molar-refractivity contribution is -0.151. The number of aromatic hydroxyl groups is 1. The van der Waals surface area contributed by atoms with Crippen LogP contribution in [0.2, 0.25) is 0 Å². The second kappa shape index (κ2) is 5.48. The summed E-state index contributed by atoms with van der Waals surface area (Å²) in [4.78, 5) is 11.4. The van der Waals surface area contributed by atoms with Crippen LogP contribution in [0.15, 0.2) is 24.3 Å². The van der Waals surface area contributed by atoms with E-state index in [1.54, 1.807) is 0 Å². The lowest BCUT2D eigenvalue weighted by Crippen LogP contribution is -2.51. The number of nitrogens with one attached hydrogen (secondary N) is 1. The lowest BCUT2D eigenvalue weighted by Gasteiger charge is -2.30. The molecule has 0 aromatic heterocycles. The van der Waals surface area contributed by atoms with E-state index in [9.17, 15) is 23.1 Å². The highest BCUT2D eigenvalue weighted by atomic mass is 19.4. The highest BCUT2D eigenvalue weighted by Gasteiger charge is 2.41. The van der Waals surface area contributed by atoms with Crippen LogP contribution < -0.4 is 5.32 Å². The largest absolute Gasteiger partial charge is 0.508 e. The number of hydrogen-bond acceptors (Lipinski definition) is 3. The molecule has 7 heteroatoms. The maximum atomic E-state index is 12.3. The van der Waals surface area contributed by atoms with Gasteiger partial charge in [-0.3, -0.25) is 5.32 Å². The van der Waals surface area contributed by atoms with E-state index >= 15 is 0 Å². The molecule has 4 nitrogen and oxygen atoms in total. The fourth-order valence-corrected chi connectivity index (χ4v) is 1.78. The zero-order chi connectivity index (χ0) is 14.7. The number of phenolic OH excluding ortho intramolecular Hbond substituents is 1. The summed E-state index contributed by atoms with van der Waals surface area (Å²) in [6.45, 7) is 0.0678. The summed E-state index contributed by atoms with van der Waals surface area (Å²) in [6, 6.07) is 5.04. The molecule has 1 aromatic rings. The van der Waals surface area contributed by atoms with Gasteiger partial charge in [-0.1, -0.05) is 19.1 Å². The van der Waals surface area contributed by atoms with Gasteiger partial charge >= 0.3 is 12.1 Å². The van der Waals surface area contributed by atoms with Gasteiger partial charge in [0, 0.05) is 0 Å². The molecule has 0 bridgehead atoms. The minimum Gasteiger partial charge on any atom is -0.508 e. The molecule has 0 fully saturated rings. The second-order valence-corrected chi connectivity index (χ2v) is 4.08. The summed E-state index contributed by atoms with van der Waals surface area (Å²) in [7, 11) is 0. The number of alkyl halides is 3. The summed E-state index contributed by atoms with van der Waals surface area (Å²) in [5, 5.41) is 20.4. The van der Waals surface area contributed by atoms with Gasteiger partial charge in [-0.2, -0.15) is 13.2 Å². The molecule has 0 aliphatic rings. The number of phenols is 1. The van der Waals surface area contributed by atoms with Crippen LogP contribution >= 0.6 is 0 Å². The summed E-state index contributed by atoms with van der Waals surface area (Å²) < 4.78 is 36.8. The number of halogens is 3. The normalized spacial score (nSPS) is 14.9. The van der Waals surface area contributed by atoms with Gasteiger partial charge in [0.1, 0.15) is 11.3 Å². The van der Waals surface area contributed by atoms with Gasteiger partial charge in [-0.25, -0.2) is 4.79 Å². The second-order valence-electron chi connectivity index (χ2n) is 4.08. The van der Waals surface area contributed by atoms with Crippen molar-refractivity contribution in [1.82, 2.24) is 5.32 Å². The molecule has 1 aromatic carbocycles. The Morgan fingerprint density at radius 1 is 1.26 bits per heavy atom. The van der Waals surface area contributed by atoms with Crippen LogP contribution in [0.5, 0.6) is 5.75 Å². The van der Waals surface area contributed by atoms with E-state index in [0.717, 1.165) is 0 Å². The summed E-state index contributed by atoms with van der Waals surface area (Å²) in [5.41, 5.74) is -1.67. The Hall–Kier alpha value is -1.76. The molecular formula is C12H14F3NO3. The summed E-state index contributed by atoms with van der Waals surface area (Å²) >= 11 is 0. The summed E-state index contributed by atoms with van der Waals surface area (Å²) in [6.07, 6.45) is -4.57. The third-order valence-corrected chi connectivity index (χ3v) is 2.85. The van der Waals surface area contributed by atoms with Gasteiger partial charge in [0.15, 0.2) is 0 Å². The van der Waals surface area contributed by atoms with Crippen molar-refractivity contribution in [2.24, 2.45) is 0 Å². The van der Waals surface area contributed by atoms with E-state index in [1.165, 1.54) is 31.2 Å². The Labute approximate surface area is 107 Å². The first-order valence-electron chi connectivity index (χ1n) is 5.56. The Balaban J connectivity index is 3.12. The van der Waals surface area contributed by atoms with Gasteiger partial charge in [0.25, 0.3) is 0 Å². The van der Waals surface area contributed by atoms with Crippen LogP contribution in [0.3, 0.4) is 0 Å². The Morgan fingerprint density at radius 3 is 2.16 bits per heavy atom. The van der Waals surface area contributed by atoms with Crippen molar-refractivity contribution in [1.29, 1.82) is 0 Å². The molecule has 3 N–H and O–H groups in total. The van der Waals surface area contributed by atoms with Crippen LogP contribution in [0, 0.1) is 0 Å². The Morgan fingerprint density at radius 2 is 1.79 bits per heavy atom.